The summed E-state index contributed by atoms with van der Waals surface area (Å²) >= 11 is 0. The average Bonchev–Trinajstić information content (AvgIpc) is 2.91. The number of fused-ring (bicyclic) bond motifs is 7. The zero-order valence-corrected chi connectivity index (χ0v) is 26.5. The number of allylic oxidation sites excluding steroid dienone is 4. The molecular formula is C36H51NO4. The van der Waals surface area contributed by atoms with Gasteiger partial charge < -0.3 is 4.74 Å². The van der Waals surface area contributed by atoms with Crippen LogP contribution in [-0.2, 0) is 19.1 Å². The van der Waals surface area contributed by atoms with Crippen LogP contribution >= 0.6 is 0 Å². The zero-order chi connectivity index (χ0) is 30.0. The first-order chi connectivity index (χ1) is 19.2. The second-order valence-corrected chi connectivity index (χ2v) is 15.8. The van der Waals surface area contributed by atoms with Crippen LogP contribution < -0.4 is 0 Å². The van der Waals surface area contributed by atoms with E-state index in [4.69, 9.17) is 4.74 Å². The molecule has 3 saturated carbocycles. The number of esters is 1. The van der Waals surface area contributed by atoms with Crippen molar-refractivity contribution in [3.63, 3.8) is 0 Å². The van der Waals surface area contributed by atoms with Gasteiger partial charge in [0.25, 0.3) is 0 Å². The average molecular weight is 562 g/mol. The van der Waals surface area contributed by atoms with Gasteiger partial charge in [0.1, 0.15) is 6.07 Å². The Bertz CT molecular complexity index is 1240. The first-order valence-electron chi connectivity index (χ1n) is 16.3. The standard InChI is InChI=1S/C36H51NO4/c1-8-9-10-11-18-41-31(40)36-16-14-32(3,4)21-26(36)29-27(38)19-28-33(5)20-24(22-37)30(39)23(2)25(33)12-13-34(28,6)35(29,7)15-17-36/h19-20,23,25-26,29H,8-18,21H2,1-7H3. The van der Waals surface area contributed by atoms with Crippen molar-refractivity contribution in [2.24, 2.45) is 50.7 Å². The van der Waals surface area contributed by atoms with E-state index >= 15 is 0 Å². The van der Waals surface area contributed by atoms with Gasteiger partial charge in [-0.15, -0.1) is 0 Å². The summed E-state index contributed by atoms with van der Waals surface area (Å²) in [5.41, 5.74) is -0.262. The van der Waals surface area contributed by atoms with Gasteiger partial charge in [0.2, 0.25) is 0 Å². The Hall–Kier alpha value is -2.22. The van der Waals surface area contributed by atoms with Crippen molar-refractivity contribution in [2.75, 3.05) is 6.61 Å². The first-order valence-corrected chi connectivity index (χ1v) is 16.3. The molecule has 0 amide bonds. The predicted octanol–water partition coefficient (Wildman–Crippen LogP) is 7.94. The molecule has 0 aromatic carbocycles. The predicted molar refractivity (Wildman–Crippen MR) is 159 cm³/mol. The molecule has 0 saturated heterocycles. The van der Waals surface area contributed by atoms with Crippen LogP contribution in [-0.4, -0.2) is 24.1 Å². The van der Waals surface area contributed by atoms with E-state index in [0.29, 0.717) is 6.61 Å². The molecule has 0 heterocycles. The highest BCUT2D eigenvalue weighted by Crippen LogP contribution is 2.73. The molecule has 5 aliphatic carbocycles. The minimum Gasteiger partial charge on any atom is -0.465 e. The van der Waals surface area contributed by atoms with Crippen LogP contribution in [0.15, 0.2) is 23.3 Å². The number of hydrogen-bond donors (Lipinski definition) is 0. The van der Waals surface area contributed by atoms with Crippen LogP contribution in [0.4, 0.5) is 0 Å². The van der Waals surface area contributed by atoms with Crippen molar-refractivity contribution in [1.29, 1.82) is 5.26 Å². The second kappa shape index (κ2) is 10.2. The van der Waals surface area contributed by atoms with Crippen molar-refractivity contribution in [3.8, 4) is 6.07 Å². The van der Waals surface area contributed by atoms with Gasteiger partial charge in [0.15, 0.2) is 11.6 Å². The minimum absolute atomic E-state index is 0.0436. The number of carbonyl (C=O) groups is 3. The molecule has 8 unspecified atom stereocenters. The first kappa shape index (κ1) is 30.2. The summed E-state index contributed by atoms with van der Waals surface area (Å²) in [7, 11) is 0. The normalized spacial score (nSPS) is 42.9. The summed E-state index contributed by atoms with van der Waals surface area (Å²) in [5, 5.41) is 9.83. The number of ether oxygens (including phenoxy) is 1. The molecule has 8 atom stereocenters. The summed E-state index contributed by atoms with van der Waals surface area (Å²) in [6.07, 6.45) is 14.1. The van der Waals surface area contributed by atoms with E-state index in [0.717, 1.165) is 76.2 Å². The van der Waals surface area contributed by atoms with Crippen LogP contribution in [0.3, 0.4) is 0 Å². The maximum Gasteiger partial charge on any atom is 0.312 e. The molecule has 5 rings (SSSR count). The SMILES string of the molecule is CCCCCCOC(=O)C12CCC(C)(C)CC1C1C(=O)C=C3C4(C)C=C(C#N)C(=O)C(C)C4CCC3(C)C1(C)CC2. The summed E-state index contributed by atoms with van der Waals surface area (Å²) in [5.74, 6) is -0.431. The van der Waals surface area contributed by atoms with Crippen molar-refractivity contribution >= 4 is 17.5 Å². The van der Waals surface area contributed by atoms with Crippen molar-refractivity contribution in [2.45, 2.75) is 119 Å². The fourth-order valence-electron chi connectivity index (χ4n) is 10.4. The summed E-state index contributed by atoms with van der Waals surface area (Å²) in [6.45, 7) is 16.0. The molecule has 41 heavy (non-hydrogen) atoms. The molecule has 0 aromatic heterocycles. The number of hydrogen-bond acceptors (Lipinski definition) is 5. The summed E-state index contributed by atoms with van der Waals surface area (Å²) < 4.78 is 6.03. The van der Waals surface area contributed by atoms with E-state index in [9.17, 15) is 19.6 Å². The third kappa shape index (κ3) is 4.32. The summed E-state index contributed by atoms with van der Waals surface area (Å²) in [4.78, 5) is 41.5. The lowest BCUT2D eigenvalue weighted by Gasteiger charge is -2.68. The third-order valence-corrected chi connectivity index (χ3v) is 13.1. The highest BCUT2D eigenvalue weighted by Gasteiger charge is 2.70. The maximum absolute atomic E-state index is 14.5. The van der Waals surface area contributed by atoms with Crippen LogP contribution in [0.25, 0.3) is 0 Å². The smallest absolute Gasteiger partial charge is 0.312 e. The number of carbonyl (C=O) groups excluding carboxylic acids is 3. The van der Waals surface area contributed by atoms with Gasteiger partial charge in [-0.3, -0.25) is 14.4 Å². The van der Waals surface area contributed by atoms with E-state index in [-0.39, 0.29) is 63.0 Å². The third-order valence-electron chi connectivity index (χ3n) is 13.1. The van der Waals surface area contributed by atoms with E-state index < -0.39 is 10.8 Å². The Morgan fingerprint density at radius 2 is 1.71 bits per heavy atom. The molecule has 0 N–H and O–H groups in total. The van der Waals surface area contributed by atoms with Crippen LogP contribution in [0.2, 0.25) is 0 Å². The zero-order valence-electron chi connectivity index (χ0n) is 26.5. The Balaban J connectivity index is 1.57. The van der Waals surface area contributed by atoms with Crippen molar-refractivity contribution < 1.29 is 19.1 Å². The lowest BCUT2D eigenvalue weighted by atomic mass is 9.35. The molecule has 0 spiro atoms. The van der Waals surface area contributed by atoms with Crippen molar-refractivity contribution in [3.05, 3.63) is 23.3 Å². The van der Waals surface area contributed by atoms with Gasteiger partial charge in [0.05, 0.1) is 17.6 Å². The van der Waals surface area contributed by atoms with Gasteiger partial charge in [-0.2, -0.15) is 5.26 Å². The van der Waals surface area contributed by atoms with Gasteiger partial charge in [-0.25, -0.2) is 0 Å². The monoisotopic (exact) mass is 561 g/mol. The molecule has 0 radical (unpaired) electrons. The topological polar surface area (TPSA) is 84.2 Å². The molecule has 0 aliphatic heterocycles. The molecular weight excluding hydrogens is 510 g/mol. The van der Waals surface area contributed by atoms with Crippen LogP contribution in [0, 0.1) is 62.1 Å². The van der Waals surface area contributed by atoms with Crippen LogP contribution in [0.1, 0.15) is 119 Å². The molecule has 5 aliphatic rings. The Kier molecular flexibility index (Phi) is 7.53. The maximum atomic E-state index is 14.5. The number of unbranched alkanes of at least 4 members (excludes halogenated alkanes) is 3. The lowest BCUT2D eigenvalue weighted by molar-refractivity contribution is -0.192. The summed E-state index contributed by atoms with van der Waals surface area (Å²) in [6, 6.07) is 2.17. The Labute approximate surface area is 247 Å². The minimum atomic E-state index is -0.595. The van der Waals surface area contributed by atoms with Gasteiger partial charge in [-0.05, 0) is 85.5 Å². The fraction of sp³-hybridized carbons (Fsp3) is 0.778. The van der Waals surface area contributed by atoms with E-state index in [1.807, 2.05) is 19.1 Å². The quantitative estimate of drug-likeness (QED) is 0.243. The number of nitriles is 1. The lowest BCUT2D eigenvalue weighted by Crippen LogP contribution is -2.65. The Morgan fingerprint density at radius 3 is 2.39 bits per heavy atom. The second-order valence-electron chi connectivity index (χ2n) is 15.8. The molecule has 3 fully saturated rings. The van der Waals surface area contributed by atoms with E-state index in [1.165, 1.54) is 0 Å². The molecule has 5 heteroatoms. The largest absolute Gasteiger partial charge is 0.465 e. The van der Waals surface area contributed by atoms with E-state index in [1.54, 1.807) is 0 Å². The highest BCUT2D eigenvalue weighted by molar-refractivity contribution is 6.02. The van der Waals surface area contributed by atoms with Crippen molar-refractivity contribution in [1.82, 2.24) is 0 Å². The number of Topliss-reactive ketones (excluding diaryl/α,β-unsaturated/α-hetero) is 1. The number of nitrogens with zero attached hydrogens (tertiary/aromatic N) is 1. The molecule has 224 valence electrons. The van der Waals surface area contributed by atoms with Gasteiger partial charge >= 0.3 is 5.97 Å². The molecule has 0 bridgehead atoms. The van der Waals surface area contributed by atoms with Gasteiger partial charge in [0, 0.05) is 17.3 Å². The van der Waals surface area contributed by atoms with Crippen LogP contribution in [0.5, 0.6) is 0 Å². The highest BCUT2D eigenvalue weighted by atomic mass is 16.5. The van der Waals surface area contributed by atoms with E-state index in [2.05, 4.69) is 47.6 Å². The van der Waals surface area contributed by atoms with Gasteiger partial charge in [-0.1, -0.05) is 79.4 Å². The Morgan fingerprint density at radius 1 is 1.00 bits per heavy atom. The fourth-order valence-corrected chi connectivity index (χ4v) is 10.4. The number of ketones is 2. The molecule has 5 nitrogen and oxygen atoms in total. The molecule has 0 aromatic rings. The number of rotatable bonds is 6.